The first-order chi connectivity index (χ1) is 9.52. The fourth-order valence-electron chi connectivity index (χ4n) is 3.04. The second kappa shape index (κ2) is 6.29. The molecule has 20 heavy (non-hydrogen) atoms. The second-order valence-corrected chi connectivity index (χ2v) is 6.06. The molecule has 1 N–H and O–H groups in total. The van der Waals surface area contributed by atoms with Gasteiger partial charge in [0.1, 0.15) is 0 Å². The predicted molar refractivity (Wildman–Crippen MR) is 84.2 cm³/mol. The number of rotatable bonds is 3. The minimum absolute atomic E-state index is 0.167. The summed E-state index contributed by atoms with van der Waals surface area (Å²) in [6.45, 7) is 10.3. The van der Waals surface area contributed by atoms with E-state index in [0.29, 0.717) is 6.04 Å². The first-order valence-electron chi connectivity index (χ1n) is 7.68. The molecule has 0 aliphatic carbocycles. The van der Waals surface area contributed by atoms with Crippen molar-refractivity contribution in [3.05, 3.63) is 29.3 Å². The van der Waals surface area contributed by atoms with Gasteiger partial charge in [0.2, 0.25) is 0 Å². The number of anilines is 1. The monoisotopic (exact) mass is 274 g/mol. The third kappa shape index (κ3) is 3.14. The van der Waals surface area contributed by atoms with Crippen molar-refractivity contribution in [1.29, 1.82) is 0 Å². The molecule has 0 saturated carbocycles. The molecule has 110 valence electrons. The summed E-state index contributed by atoms with van der Waals surface area (Å²) in [6.07, 6.45) is 2.21. The number of nitrogens with one attached hydrogen (secondary N) is 1. The van der Waals surface area contributed by atoms with Crippen molar-refractivity contribution in [1.82, 2.24) is 4.90 Å². The van der Waals surface area contributed by atoms with Crippen molar-refractivity contribution in [2.45, 2.75) is 46.6 Å². The van der Waals surface area contributed by atoms with Crippen LogP contribution in [0.2, 0.25) is 0 Å². The predicted octanol–water partition coefficient (Wildman–Crippen LogP) is 3.69. The maximum absolute atomic E-state index is 12.8. The minimum atomic E-state index is 0.167. The van der Waals surface area contributed by atoms with Gasteiger partial charge in [-0.3, -0.25) is 4.79 Å². The standard InChI is InChI=1S/C17H26N2O/c1-5-18-16-11-12(2)6-7-15(16)17(20)19-9-8-13(3)10-14(19)4/h6-7,11,13-14,18H,5,8-10H2,1-4H3. The number of aryl methyl sites for hydroxylation is 1. The lowest BCUT2D eigenvalue weighted by atomic mass is 9.92. The lowest BCUT2D eigenvalue weighted by molar-refractivity contribution is 0.0589. The summed E-state index contributed by atoms with van der Waals surface area (Å²) in [5, 5.41) is 3.31. The fraction of sp³-hybridized carbons (Fsp3) is 0.588. The van der Waals surface area contributed by atoms with Crippen LogP contribution in [-0.4, -0.2) is 29.9 Å². The van der Waals surface area contributed by atoms with Gasteiger partial charge in [0.25, 0.3) is 5.91 Å². The largest absolute Gasteiger partial charge is 0.385 e. The Balaban J connectivity index is 2.24. The third-order valence-corrected chi connectivity index (χ3v) is 4.17. The van der Waals surface area contributed by atoms with Crippen LogP contribution in [0.5, 0.6) is 0 Å². The van der Waals surface area contributed by atoms with Crippen molar-refractivity contribution in [2.24, 2.45) is 5.92 Å². The average molecular weight is 274 g/mol. The molecule has 3 heteroatoms. The van der Waals surface area contributed by atoms with Gasteiger partial charge in [0, 0.05) is 24.8 Å². The molecule has 2 unspecified atom stereocenters. The molecule has 0 bridgehead atoms. The van der Waals surface area contributed by atoms with E-state index in [0.717, 1.165) is 43.1 Å². The van der Waals surface area contributed by atoms with Gasteiger partial charge in [-0.05, 0) is 57.2 Å². The fourth-order valence-corrected chi connectivity index (χ4v) is 3.04. The number of benzene rings is 1. The molecule has 1 fully saturated rings. The van der Waals surface area contributed by atoms with Crippen LogP contribution in [0.15, 0.2) is 18.2 Å². The topological polar surface area (TPSA) is 32.3 Å². The Morgan fingerprint density at radius 2 is 2.15 bits per heavy atom. The van der Waals surface area contributed by atoms with E-state index in [1.807, 2.05) is 17.0 Å². The van der Waals surface area contributed by atoms with Crippen LogP contribution < -0.4 is 5.32 Å². The molecule has 1 amide bonds. The smallest absolute Gasteiger partial charge is 0.256 e. The molecule has 0 radical (unpaired) electrons. The van der Waals surface area contributed by atoms with Gasteiger partial charge in [-0.25, -0.2) is 0 Å². The SMILES string of the molecule is CCNc1cc(C)ccc1C(=O)N1CCC(C)CC1C. The summed E-state index contributed by atoms with van der Waals surface area (Å²) >= 11 is 0. The molecule has 1 aliphatic rings. The van der Waals surface area contributed by atoms with Gasteiger partial charge >= 0.3 is 0 Å². The highest BCUT2D eigenvalue weighted by Crippen LogP contribution is 2.26. The maximum atomic E-state index is 12.8. The third-order valence-electron chi connectivity index (χ3n) is 4.17. The summed E-state index contributed by atoms with van der Waals surface area (Å²) in [5.41, 5.74) is 2.94. The molecular weight excluding hydrogens is 248 g/mol. The molecule has 1 heterocycles. The zero-order chi connectivity index (χ0) is 14.7. The van der Waals surface area contributed by atoms with E-state index in [4.69, 9.17) is 0 Å². The molecule has 1 aliphatic heterocycles. The molecule has 3 nitrogen and oxygen atoms in total. The Labute approximate surface area is 122 Å². The molecule has 0 spiro atoms. The van der Waals surface area contributed by atoms with E-state index in [1.54, 1.807) is 0 Å². The lowest BCUT2D eigenvalue weighted by Gasteiger charge is -2.37. The number of likely N-dealkylation sites (tertiary alicyclic amines) is 1. The average Bonchev–Trinajstić information content (AvgIpc) is 2.38. The number of hydrogen-bond acceptors (Lipinski definition) is 2. The van der Waals surface area contributed by atoms with E-state index in [-0.39, 0.29) is 5.91 Å². The zero-order valence-electron chi connectivity index (χ0n) is 13.1. The van der Waals surface area contributed by atoms with E-state index in [9.17, 15) is 4.79 Å². The summed E-state index contributed by atoms with van der Waals surface area (Å²) in [5.74, 6) is 0.889. The Bertz CT molecular complexity index is 484. The van der Waals surface area contributed by atoms with E-state index >= 15 is 0 Å². The Morgan fingerprint density at radius 3 is 2.80 bits per heavy atom. The first kappa shape index (κ1) is 14.9. The molecule has 0 aromatic heterocycles. The zero-order valence-corrected chi connectivity index (χ0v) is 13.1. The van der Waals surface area contributed by atoms with E-state index < -0.39 is 0 Å². The molecule has 1 saturated heterocycles. The van der Waals surface area contributed by atoms with Crippen LogP contribution >= 0.6 is 0 Å². The van der Waals surface area contributed by atoms with Gasteiger partial charge in [-0.2, -0.15) is 0 Å². The quantitative estimate of drug-likeness (QED) is 0.911. The molecule has 2 atom stereocenters. The van der Waals surface area contributed by atoms with E-state index in [2.05, 4.69) is 39.1 Å². The summed E-state index contributed by atoms with van der Waals surface area (Å²) in [6, 6.07) is 6.38. The number of amides is 1. The summed E-state index contributed by atoms with van der Waals surface area (Å²) in [7, 11) is 0. The van der Waals surface area contributed by atoms with Gasteiger partial charge < -0.3 is 10.2 Å². The molecule has 2 rings (SSSR count). The van der Waals surface area contributed by atoms with Gasteiger partial charge in [-0.1, -0.05) is 13.0 Å². The van der Waals surface area contributed by atoms with Crippen molar-refractivity contribution in [3.8, 4) is 0 Å². The van der Waals surface area contributed by atoms with Crippen molar-refractivity contribution in [3.63, 3.8) is 0 Å². The number of hydrogen-bond donors (Lipinski definition) is 1. The van der Waals surface area contributed by atoms with Crippen molar-refractivity contribution in [2.75, 3.05) is 18.4 Å². The number of carbonyl (C=O) groups is 1. The van der Waals surface area contributed by atoms with Crippen molar-refractivity contribution >= 4 is 11.6 Å². The lowest BCUT2D eigenvalue weighted by Crippen LogP contribution is -2.44. The van der Waals surface area contributed by atoms with Crippen LogP contribution in [0.25, 0.3) is 0 Å². The van der Waals surface area contributed by atoms with Crippen LogP contribution in [0.4, 0.5) is 5.69 Å². The first-order valence-corrected chi connectivity index (χ1v) is 7.68. The summed E-state index contributed by atoms with van der Waals surface area (Å²) < 4.78 is 0. The highest BCUT2D eigenvalue weighted by molar-refractivity contribution is 6.00. The highest BCUT2D eigenvalue weighted by Gasteiger charge is 2.28. The number of carbonyl (C=O) groups excluding carboxylic acids is 1. The summed E-state index contributed by atoms with van der Waals surface area (Å²) in [4.78, 5) is 14.8. The Kier molecular flexibility index (Phi) is 4.69. The number of piperidine rings is 1. The Hall–Kier alpha value is -1.51. The van der Waals surface area contributed by atoms with Crippen molar-refractivity contribution < 1.29 is 4.79 Å². The molecule has 1 aromatic rings. The Morgan fingerprint density at radius 1 is 1.40 bits per heavy atom. The van der Waals surface area contributed by atoms with Gasteiger partial charge in [0.05, 0.1) is 5.56 Å². The van der Waals surface area contributed by atoms with Gasteiger partial charge in [0.15, 0.2) is 0 Å². The van der Waals surface area contributed by atoms with Crippen LogP contribution in [0, 0.1) is 12.8 Å². The second-order valence-electron chi connectivity index (χ2n) is 6.06. The number of nitrogens with zero attached hydrogens (tertiary/aromatic N) is 1. The molecular formula is C17H26N2O. The highest BCUT2D eigenvalue weighted by atomic mass is 16.2. The van der Waals surface area contributed by atoms with Crippen LogP contribution in [-0.2, 0) is 0 Å². The minimum Gasteiger partial charge on any atom is -0.385 e. The van der Waals surface area contributed by atoms with E-state index in [1.165, 1.54) is 5.56 Å². The van der Waals surface area contributed by atoms with Crippen LogP contribution in [0.1, 0.15) is 49.5 Å². The van der Waals surface area contributed by atoms with Gasteiger partial charge in [-0.15, -0.1) is 0 Å². The normalized spacial score (nSPS) is 22.7. The molecule has 1 aromatic carbocycles. The van der Waals surface area contributed by atoms with Crippen LogP contribution in [0.3, 0.4) is 0 Å². The maximum Gasteiger partial charge on any atom is 0.256 e.